The van der Waals surface area contributed by atoms with E-state index in [0.29, 0.717) is 18.5 Å². The molecule has 0 atom stereocenters. The Morgan fingerprint density at radius 1 is 1.39 bits per heavy atom. The lowest BCUT2D eigenvalue weighted by molar-refractivity contribution is -0.0328. The largest absolute Gasteiger partial charge is 0.446 e. The van der Waals surface area contributed by atoms with Gasteiger partial charge in [0.05, 0.1) is 0 Å². The molecule has 0 heterocycles. The molecular weight excluding hydrogens is 263 g/mol. The van der Waals surface area contributed by atoms with Crippen LogP contribution in [-0.4, -0.2) is 12.1 Å². The Balaban J connectivity index is 2.62. The second kappa shape index (κ2) is 6.98. The molecule has 0 radical (unpaired) electrons. The first kappa shape index (κ1) is 14.5. The Morgan fingerprint density at radius 3 is 2.83 bits per heavy atom. The maximum atomic E-state index is 12.2. The van der Waals surface area contributed by atoms with Crippen LogP contribution in [0.5, 0.6) is 0 Å². The lowest BCUT2D eigenvalue weighted by Gasteiger charge is -2.05. The summed E-state index contributed by atoms with van der Waals surface area (Å²) in [6.45, 7) is 0.337. The van der Waals surface area contributed by atoms with Gasteiger partial charge in [-0.3, -0.25) is 0 Å². The second-order valence-corrected chi connectivity index (χ2v) is 4.40. The fourth-order valence-corrected chi connectivity index (χ4v) is 1.82. The van der Waals surface area contributed by atoms with Crippen LogP contribution in [0.1, 0.15) is 12.0 Å². The zero-order valence-corrected chi connectivity index (χ0v) is 10.1. The van der Waals surface area contributed by atoms with Gasteiger partial charge in [-0.1, -0.05) is 29.4 Å². The van der Waals surface area contributed by atoms with Crippen molar-refractivity contribution in [2.75, 3.05) is 6.54 Å². The average molecular weight is 273 g/mol. The summed E-state index contributed by atoms with van der Waals surface area (Å²) in [6.07, 6.45) is 4.01. The normalized spacial score (nSPS) is 11.5. The zero-order chi connectivity index (χ0) is 13.4. The van der Waals surface area contributed by atoms with Gasteiger partial charge in [0, 0.05) is 16.4 Å². The molecule has 18 heavy (non-hydrogen) atoms. The van der Waals surface area contributed by atoms with Gasteiger partial charge >= 0.3 is 5.51 Å². The van der Waals surface area contributed by atoms with Gasteiger partial charge in [0.1, 0.15) is 0 Å². The van der Waals surface area contributed by atoms with Gasteiger partial charge in [-0.05, 0) is 41.4 Å². The smallest absolute Gasteiger partial charge is 0.160 e. The number of nitrogens with zero attached hydrogens (tertiary/aromatic N) is 3. The number of benzene rings is 1. The van der Waals surface area contributed by atoms with Crippen molar-refractivity contribution in [3.63, 3.8) is 0 Å². The summed E-state index contributed by atoms with van der Waals surface area (Å²) in [5, 5.41) is 3.35. The maximum Gasteiger partial charge on any atom is 0.446 e. The van der Waals surface area contributed by atoms with Crippen LogP contribution in [-0.2, 0) is 0 Å². The highest BCUT2D eigenvalue weighted by atomic mass is 32.2. The van der Waals surface area contributed by atoms with Crippen LogP contribution in [0.25, 0.3) is 16.5 Å². The van der Waals surface area contributed by atoms with E-state index < -0.39 is 5.51 Å². The standard InChI is InChI=1S/C11H10F3N3S/c12-11(13,14)18-10-6-3-5-9(8-10)4-1-2-7-16-17-15/h1,3-6,8H,2,7H2. The molecule has 7 heteroatoms. The van der Waals surface area contributed by atoms with E-state index >= 15 is 0 Å². The first-order chi connectivity index (χ1) is 8.51. The topological polar surface area (TPSA) is 48.8 Å². The van der Waals surface area contributed by atoms with Crippen molar-refractivity contribution in [1.29, 1.82) is 0 Å². The highest BCUT2D eigenvalue weighted by Gasteiger charge is 2.29. The van der Waals surface area contributed by atoms with Crippen molar-refractivity contribution in [2.24, 2.45) is 5.11 Å². The summed E-state index contributed by atoms with van der Waals surface area (Å²) in [6, 6.07) is 6.16. The van der Waals surface area contributed by atoms with Gasteiger partial charge in [0.2, 0.25) is 0 Å². The molecule has 0 aliphatic rings. The Labute approximate surface area is 106 Å². The molecule has 3 nitrogen and oxygen atoms in total. The van der Waals surface area contributed by atoms with Gasteiger partial charge in [-0.2, -0.15) is 13.2 Å². The van der Waals surface area contributed by atoms with E-state index in [1.165, 1.54) is 12.1 Å². The van der Waals surface area contributed by atoms with Crippen LogP contribution >= 0.6 is 11.8 Å². The third kappa shape index (κ3) is 6.22. The van der Waals surface area contributed by atoms with Crippen molar-refractivity contribution < 1.29 is 13.2 Å². The molecule has 0 N–H and O–H groups in total. The molecule has 1 aromatic carbocycles. The van der Waals surface area contributed by atoms with E-state index in [2.05, 4.69) is 10.0 Å². The summed E-state index contributed by atoms with van der Waals surface area (Å²) in [4.78, 5) is 2.75. The minimum Gasteiger partial charge on any atom is -0.160 e. The molecule has 0 aliphatic carbocycles. The third-order valence-electron chi connectivity index (χ3n) is 1.86. The van der Waals surface area contributed by atoms with Gasteiger partial charge in [-0.25, -0.2) is 0 Å². The molecule has 0 saturated heterocycles. The summed E-state index contributed by atoms with van der Waals surface area (Å²) in [5.74, 6) is 0. The van der Waals surface area contributed by atoms with E-state index in [4.69, 9.17) is 5.53 Å². The number of alkyl halides is 3. The molecule has 0 amide bonds. The van der Waals surface area contributed by atoms with Crippen molar-refractivity contribution in [1.82, 2.24) is 0 Å². The maximum absolute atomic E-state index is 12.2. The summed E-state index contributed by atoms with van der Waals surface area (Å²) in [7, 11) is 0. The fourth-order valence-electron chi connectivity index (χ4n) is 1.21. The molecule has 0 aromatic heterocycles. The lowest BCUT2D eigenvalue weighted by Crippen LogP contribution is -1.98. The molecular formula is C11H10F3N3S. The second-order valence-electron chi connectivity index (χ2n) is 3.27. The van der Waals surface area contributed by atoms with Crippen molar-refractivity contribution >= 4 is 17.8 Å². The highest BCUT2D eigenvalue weighted by molar-refractivity contribution is 8.00. The predicted octanol–water partition coefficient (Wildman–Crippen LogP) is 5.01. The van der Waals surface area contributed by atoms with E-state index in [1.807, 2.05) is 0 Å². The highest BCUT2D eigenvalue weighted by Crippen LogP contribution is 2.37. The van der Waals surface area contributed by atoms with Crippen molar-refractivity contribution in [3.05, 3.63) is 46.3 Å². The number of hydrogen-bond acceptors (Lipinski definition) is 2. The number of azide groups is 1. The number of halogens is 3. The minimum atomic E-state index is -4.27. The van der Waals surface area contributed by atoms with Gasteiger partial charge in [-0.15, -0.1) is 0 Å². The molecule has 0 saturated carbocycles. The minimum absolute atomic E-state index is 0.138. The van der Waals surface area contributed by atoms with Gasteiger partial charge in [0.15, 0.2) is 0 Å². The fraction of sp³-hybridized carbons (Fsp3) is 0.273. The van der Waals surface area contributed by atoms with Crippen molar-refractivity contribution in [2.45, 2.75) is 16.8 Å². The first-order valence-corrected chi connectivity index (χ1v) is 5.86. The van der Waals surface area contributed by atoms with E-state index in [0.717, 1.165) is 0 Å². The Hall–Kier alpha value is -1.59. The monoisotopic (exact) mass is 273 g/mol. The number of rotatable bonds is 5. The quantitative estimate of drug-likeness (QED) is 0.244. The summed E-state index contributed by atoms with van der Waals surface area (Å²) >= 11 is -0.138. The SMILES string of the molecule is [N-]=[N+]=NCCC=Cc1cccc(SC(F)(F)F)c1. The predicted molar refractivity (Wildman–Crippen MR) is 66.0 cm³/mol. The molecule has 0 bridgehead atoms. The van der Waals surface area contributed by atoms with Crippen LogP contribution in [0.3, 0.4) is 0 Å². The van der Waals surface area contributed by atoms with Crippen LogP contribution in [0, 0.1) is 0 Å². The Morgan fingerprint density at radius 2 is 2.17 bits per heavy atom. The summed E-state index contributed by atoms with van der Waals surface area (Å²) < 4.78 is 36.5. The number of hydrogen-bond donors (Lipinski definition) is 0. The molecule has 96 valence electrons. The Bertz CT molecular complexity index is 465. The lowest BCUT2D eigenvalue weighted by atomic mass is 10.2. The van der Waals surface area contributed by atoms with E-state index in [9.17, 15) is 13.2 Å². The van der Waals surface area contributed by atoms with E-state index in [1.54, 1.807) is 24.3 Å². The molecule has 1 aromatic rings. The van der Waals surface area contributed by atoms with Crippen LogP contribution < -0.4 is 0 Å². The van der Waals surface area contributed by atoms with Crippen LogP contribution in [0.4, 0.5) is 13.2 Å². The van der Waals surface area contributed by atoms with Crippen molar-refractivity contribution in [3.8, 4) is 0 Å². The molecule has 0 spiro atoms. The zero-order valence-electron chi connectivity index (χ0n) is 9.26. The first-order valence-electron chi connectivity index (χ1n) is 5.04. The van der Waals surface area contributed by atoms with Crippen LogP contribution in [0.2, 0.25) is 0 Å². The average Bonchev–Trinajstić information content (AvgIpc) is 2.27. The third-order valence-corrected chi connectivity index (χ3v) is 2.58. The summed E-state index contributed by atoms with van der Waals surface area (Å²) in [5.41, 5.74) is 4.46. The Kier molecular flexibility index (Phi) is 5.61. The van der Waals surface area contributed by atoms with E-state index in [-0.39, 0.29) is 16.7 Å². The van der Waals surface area contributed by atoms with Crippen LogP contribution in [0.15, 0.2) is 40.4 Å². The molecule has 1 rings (SSSR count). The molecule has 0 fully saturated rings. The molecule has 0 aliphatic heterocycles. The van der Waals surface area contributed by atoms with Gasteiger partial charge in [0.25, 0.3) is 0 Å². The molecule has 0 unspecified atom stereocenters. The van der Waals surface area contributed by atoms with Gasteiger partial charge < -0.3 is 0 Å². The number of thioether (sulfide) groups is 1.